The van der Waals surface area contributed by atoms with E-state index in [1.165, 1.54) is 21.3 Å². The molecule has 0 aliphatic heterocycles. The minimum atomic E-state index is -0.0746. The van der Waals surface area contributed by atoms with Crippen LogP contribution >= 0.6 is 22.6 Å². The Kier molecular flexibility index (Phi) is 6.96. The number of methoxy groups -OCH3 is 5. The zero-order valence-electron chi connectivity index (χ0n) is 15.3. The molecule has 0 N–H and O–H groups in total. The Morgan fingerprint density at radius 2 is 1.27 bits per heavy atom. The number of Topliss-reactive ketones (excluding diaryl/α,β-unsaturated/α-hetero) is 1. The van der Waals surface area contributed by atoms with Crippen LogP contribution in [0.2, 0.25) is 0 Å². The normalized spacial score (nSPS) is 10.2. The van der Waals surface area contributed by atoms with Gasteiger partial charge >= 0.3 is 0 Å². The summed E-state index contributed by atoms with van der Waals surface area (Å²) in [4.78, 5) is 12.8. The van der Waals surface area contributed by atoms with Gasteiger partial charge in [-0.05, 0) is 52.4 Å². The predicted molar refractivity (Wildman–Crippen MR) is 106 cm³/mol. The van der Waals surface area contributed by atoms with Crippen molar-refractivity contribution in [3.05, 3.63) is 39.0 Å². The van der Waals surface area contributed by atoms with E-state index in [1.807, 2.05) is 12.1 Å². The van der Waals surface area contributed by atoms with Gasteiger partial charge in [-0.15, -0.1) is 0 Å². The molecule has 0 aliphatic rings. The van der Waals surface area contributed by atoms with Gasteiger partial charge in [-0.3, -0.25) is 4.79 Å². The molecule has 0 aromatic heterocycles. The zero-order chi connectivity index (χ0) is 19.3. The van der Waals surface area contributed by atoms with Crippen LogP contribution in [0.3, 0.4) is 0 Å². The summed E-state index contributed by atoms with van der Waals surface area (Å²) in [7, 11) is 7.70. The van der Waals surface area contributed by atoms with Gasteiger partial charge in [0, 0.05) is 15.6 Å². The molecule has 26 heavy (non-hydrogen) atoms. The van der Waals surface area contributed by atoms with Gasteiger partial charge in [-0.2, -0.15) is 0 Å². The first-order valence-electron chi connectivity index (χ1n) is 7.72. The van der Waals surface area contributed by atoms with E-state index in [-0.39, 0.29) is 12.2 Å². The first kappa shape index (κ1) is 20.2. The SMILES string of the molecule is COc1cc(I)c(CC(=O)c2cc(OC)c(OC)c(OC)c2)cc1OC. The van der Waals surface area contributed by atoms with Gasteiger partial charge in [0.2, 0.25) is 5.75 Å². The molecule has 0 amide bonds. The Hall–Kier alpha value is -2.16. The second-order valence-corrected chi connectivity index (χ2v) is 6.47. The summed E-state index contributed by atoms with van der Waals surface area (Å²) in [5, 5.41) is 0. The highest BCUT2D eigenvalue weighted by molar-refractivity contribution is 14.1. The highest BCUT2D eigenvalue weighted by Gasteiger charge is 2.19. The highest BCUT2D eigenvalue weighted by Crippen LogP contribution is 2.39. The van der Waals surface area contributed by atoms with Crippen LogP contribution in [0.1, 0.15) is 15.9 Å². The van der Waals surface area contributed by atoms with Crippen LogP contribution in [0, 0.1) is 3.57 Å². The van der Waals surface area contributed by atoms with Crippen LogP contribution in [0.5, 0.6) is 28.7 Å². The van der Waals surface area contributed by atoms with Crippen molar-refractivity contribution in [1.82, 2.24) is 0 Å². The molecule has 6 nitrogen and oxygen atoms in total. The maximum absolute atomic E-state index is 12.8. The van der Waals surface area contributed by atoms with Crippen LogP contribution < -0.4 is 23.7 Å². The lowest BCUT2D eigenvalue weighted by molar-refractivity contribution is 0.0992. The Morgan fingerprint density at radius 3 is 1.73 bits per heavy atom. The molecule has 0 saturated heterocycles. The molecule has 0 atom stereocenters. The molecule has 140 valence electrons. The molecular formula is C19H21IO6. The van der Waals surface area contributed by atoms with Crippen molar-refractivity contribution in [3.63, 3.8) is 0 Å². The van der Waals surface area contributed by atoms with Gasteiger partial charge in [0.25, 0.3) is 0 Å². The van der Waals surface area contributed by atoms with E-state index >= 15 is 0 Å². The lowest BCUT2D eigenvalue weighted by atomic mass is 10.0. The standard InChI is InChI=1S/C19H21IO6/c1-22-15-7-11(13(20)10-16(15)23-2)6-14(21)12-8-17(24-3)19(26-5)18(9-12)25-4/h7-10H,6H2,1-5H3. The van der Waals surface area contributed by atoms with E-state index in [9.17, 15) is 4.79 Å². The van der Waals surface area contributed by atoms with Gasteiger partial charge in [0.05, 0.1) is 35.5 Å². The van der Waals surface area contributed by atoms with Crippen LogP contribution in [-0.4, -0.2) is 41.3 Å². The molecule has 2 aromatic rings. The number of hydrogen-bond donors (Lipinski definition) is 0. The maximum Gasteiger partial charge on any atom is 0.203 e. The van der Waals surface area contributed by atoms with Gasteiger partial charge in [-0.1, -0.05) is 0 Å². The second-order valence-electron chi connectivity index (χ2n) is 5.31. The fourth-order valence-electron chi connectivity index (χ4n) is 2.55. The average molecular weight is 472 g/mol. The van der Waals surface area contributed by atoms with Crippen molar-refractivity contribution >= 4 is 28.4 Å². The molecule has 0 fully saturated rings. The van der Waals surface area contributed by atoms with E-state index in [0.717, 1.165) is 9.13 Å². The molecule has 0 heterocycles. The number of benzene rings is 2. The first-order valence-corrected chi connectivity index (χ1v) is 8.80. The van der Waals surface area contributed by atoms with Crippen molar-refractivity contribution in [2.24, 2.45) is 0 Å². The van der Waals surface area contributed by atoms with Crippen LogP contribution in [0.25, 0.3) is 0 Å². The summed E-state index contributed by atoms with van der Waals surface area (Å²) in [6, 6.07) is 6.96. The van der Waals surface area contributed by atoms with Gasteiger partial charge in [0.15, 0.2) is 28.8 Å². The minimum Gasteiger partial charge on any atom is -0.493 e. The summed E-state index contributed by atoms with van der Waals surface area (Å²) in [6.45, 7) is 0. The lowest BCUT2D eigenvalue weighted by Crippen LogP contribution is -2.07. The second kappa shape index (κ2) is 8.98. The molecule has 0 radical (unpaired) electrons. The van der Waals surface area contributed by atoms with Crippen LogP contribution in [0.15, 0.2) is 24.3 Å². The number of rotatable bonds is 8. The Morgan fingerprint density at radius 1 is 0.769 bits per heavy atom. The largest absolute Gasteiger partial charge is 0.493 e. The fourth-order valence-corrected chi connectivity index (χ4v) is 3.18. The van der Waals surface area contributed by atoms with E-state index in [1.54, 1.807) is 26.4 Å². The zero-order valence-corrected chi connectivity index (χ0v) is 17.5. The molecule has 2 aromatic carbocycles. The molecular weight excluding hydrogens is 451 g/mol. The van der Waals surface area contributed by atoms with Crippen molar-refractivity contribution in [2.45, 2.75) is 6.42 Å². The van der Waals surface area contributed by atoms with Crippen molar-refractivity contribution in [3.8, 4) is 28.7 Å². The number of hydrogen-bond acceptors (Lipinski definition) is 6. The topological polar surface area (TPSA) is 63.2 Å². The average Bonchev–Trinajstić information content (AvgIpc) is 2.67. The third-order valence-electron chi connectivity index (χ3n) is 3.89. The minimum absolute atomic E-state index is 0.0746. The molecule has 0 saturated carbocycles. The number of ketones is 1. The third-order valence-corrected chi connectivity index (χ3v) is 4.89. The Bertz CT molecular complexity index is 778. The van der Waals surface area contributed by atoms with E-state index in [2.05, 4.69) is 22.6 Å². The first-order chi connectivity index (χ1) is 12.5. The van der Waals surface area contributed by atoms with Crippen molar-refractivity contribution in [1.29, 1.82) is 0 Å². The summed E-state index contributed by atoms with van der Waals surface area (Å²) < 4.78 is 27.5. The molecule has 7 heteroatoms. The van der Waals surface area contributed by atoms with Crippen LogP contribution in [0.4, 0.5) is 0 Å². The number of carbonyl (C=O) groups excluding carboxylic acids is 1. The van der Waals surface area contributed by atoms with Crippen LogP contribution in [-0.2, 0) is 6.42 Å². The smallest absolute Gasteiger partial charge is 0.203 e. The number of halogens is 1. The summed E-state index contributed by atoms with van der Waals surface area (Å²) in [5.74, 6) is 2.47. The highest BCUT2D eigenvalue weighted by atomic mass is 127. The summed E-state index contributed by atoms with van der Waals surface area (Å²) in [6.07, 6.45) is 0.206. The lowest BCUT2D eigenvalue weighted by Gasteiger charge is -2.14. The van der Waals surface area contributed by atoms with Gasteiger partial charge in [-0.25, -0.2) is 0 Å². The predicted octanol–water partition coefficient (Wildman–Crippen LogP) is 3.76. The quantitative estimate of drug-likeness (QED) is 0.431. The Labute approximate surface area is 166 Å². The van der Waals surface area contributed by atoms with Crippen molar-refractivity contribution < 1.29 is 28.5 Å². The molecule has 0 aliphatic carbocycles. The summed E-state index contributed by atoms with van der Waals surface area (Å²) >= 11 is 2.18. The molecule has 2 rings (SSSR count). The van der Waals surface area contributed by atoms with Crippen molar-refractivity contribution in [2.75, 3.05) is 35.5 Å². The van der Waals surface area contributed by atoms with E-state index < -0.39 is 0 Å². The third kappa shape index (κ3) is 4.14. The monoisotopic (exact) mass is 472 g/mol. The van der Waals surface area contributed by atoms with Gasteiger partial charge in [0.1, 0.15) is 0 Å². The summed E-state index contributed by atoms with van der Waals surface area (Å²) in [5.41, 5.74) is 1.33. The fraction of sp³-hybridized carbons (Fsp3) is 0.316. The maximum atomic E-state index is 12.8. The van der Waals surface area contributed by atoms with E-state index in [0.29, 0.717) is 34.3 Å². The van der Waals surface area contributed by atoms with Gasteiger partial charge < -0.3 is 23.7 Å². The Balaban J connectivity index is 2.39. The molecule has 0 bridgehead atoms. The van der Waals surface area contributed by atoms with E-state index in [4.69, 9.17) is 23.7 Å². The number of carbonyl (C=O) groups is 1. The molecule has 0 spiro atoms. The number of ether oxygens (including phenoxy) is 5. The molecule has 0 unspecified atom stereocenters.